The van der Waals surface area contributed by atoms with E-state index in [4.69, 9.17) is 0 Å². The number of fused-ring (bicyclic) bond motifs is 1. The van der Waals surface area contributed by atoms with Crippen molar-refractivity contribution in [1.82, 2.24) is 15.1 Å². The Morgan fingerprint density at radius 3 is 2.66 bits per heavy atom. The van der Waals surface area contributed by atoms with Gasteiger partial charge in [0.05, 0.1) is 11.9 Å². The van der Waals surface area contributed by atoms with E-state index < -0.39 is 5.54 Å². The molecule has 1 aromatic heterocycles. The van der Waals surface area contributed by atoms with E-state index >= 15 is 0 Å². The fourth-order valence-corrected chi connectivity index (χ4v) is 5.37. The summed E-state index contributed by atoms with van der Waals surface area (Å²) in [5.74, 6) is -0.0704. The number of nitrogens with one attached hydrogen (secondary N) is 2. The molecule has 2 N–H and O–H groups in total. The molecule has 0 aliphatic carbocycles. The third kappa shape index (κ3) is 4.09. The normalized spacial score (nSPS) is 17.4. The summed E-state index contributed by atoms with van der Waals surface area (Å²) in [6, 6.07) is 7.33. The van der Waals surface area contributed by atoms with Crippen LogP contribution in [-0.2, 0) is 4.79 Å². The molecule has 0 bridgehead atoms. The van der Waals surface area contributed by atoms with Crippen LogP contribution in [0.4, 0.5) is 9.80 Å². The molecule has 1 fully saturated rings. The first kappa shape index (κ1) is 22.3. The maximum Gasteiger partial charge on any atom is 0.319 e. The molecule has 8 nitrogen and oxygen atoms in total. The van der Waals surface area contributed by atoms with E-state index in [9.17, 15) is 14.4 Å². The molecule has 32 heavy (non-hydrogen) atoms. The summed E-state index contributed by atoms with van der Waals surface area (Å²) in [5.41, 5.74) is -0.220. The number of aliphatic imine (C=N–C) groups is 1. The summed E-state index contributed by atoms with van der Waals surface area (Å²) in [6.07, 6.45) is 4.67. The van der Waals surface area contributed by atoms with Crippen molar-refractivity contribution in [2.45, 2.75) is 45.1 Å². The number of hydrogen-bond acceptors (Lipinski definition) is 5. The summed E-state index contributed by atoms with van der Waals surface area (Å²) in [4.78, 5) is 46.7. The van der Waals surface area contributed by atoms with Crippen molar-refractivity contribution in [2.75, 3.05) is 31.5 Å². The van der Waals surface area contributed by atoms with Crippen LogP contribution in [0.3, 0.4) is 0 Å². The highest BCUT2D eigenvalue weighted by atomic mass is 32.1. The quantitative estimate of drug-likeness (QED) is 0.696. The standard InChI is InChI=1S/C23H29N5O3S/c1-3-5-12-28-15-25-23(21(28)30)10-13-27(14-11-23)20(29)18-16-8-6-7-9-17(16)32-19(18)26-22(31)24-4-2/h6-9,15H,3-5,10-14H2,1-2H3,(H2,24,26,31). The van der Waals surface area contributed by atoms with Gasteiger partial charge in [-0.15, -0.1) is 11.3 Å². The first-order chi connectivity index (χ1) is 15.5. The molecule has 1 aromatic carbocycles. The van der Waals surface area contributed by atoms with Gasteiger partial charge in [0.1, 0.15) is 10.5 Å². The first-order valence-electron chi connectivity index (χ1n) is 11.2. The van der Waals surface area contributed by atoms with E-state index in [0.29, 0.717) is 49.6 Å². The predicted octanol–water partition coefficient (Wildman–Crippen LogP) is 3.69. The van der Waals surface area contributed by atoms with Crippen LogP contribution < -0.4 is 10.6 Å². The smallest absolute Gasteiger partial charge is 0.319 e. The molecule has 9 heteroatoms. The zero-order valence-corrected chi connectivity index (χ0v) is 19.3. The number of thiophene rings is 1. The van der Waals surface area contributed by atoms with Gasteiger partial charge in [-0.3, -0.25) is 19.9 Å². The van der Waals surface area contributed by atoms with Gasteiger partial charge in [-0.2, -0.15) is 0 Å². The molecular weight excluding hydrogens is 426 g/mol. The van der Waals surface area contributed by atoms with Crippen LogP contribution in [0.5, 0.6) is 0 Å². The van der Waals surface area contributed by atoms with Crippen LogP contribution >= 0.6 is 11.3 Å². The second kappa shape index (κ2) is 9.28. The molecule has 1 spiro atoms. The van der Waals surface area contributed by atoms with Gasteiger partial charge in [-0.1, -0.05) is 31.5 Å². The summed E-state index contributed by atoms with van der Waals surface area (Å²) in [5, 5.41) is 6.93. The number of rotatable bonds is 6. The highest BCUT2D eigenvalue weighted by Gasteiger charge is 2.47. The van der Waals surface area contributed by atoms with Gasteiger partial charge in [0.15, 0.2) is 0 Å². The second-order valence-electron chi connectivity index (χ2n) is 8.21. The molecule has 2 aliphatic rings. The van der Waals surface area contributed by atoms with Crippen molar-refractivity contribution in [3.8, 4) is 0 Å². The Morgan fingerprint density at radius 2 is 1.94 bits per heavy atom. The van der Waals surface area contributed by atoms with Gasteiger partial charge in [0.25, 0.3) is 11.8 Å². The number of carbonyl (C=O) groups is 3. The minimum atomic E-state index is -0.733. The van der Waals surface area contributed by atoms with Crippen molar-refractivity contribution >= 4 is 50.6 Å². The van der Waals surface area contributed by atoms with Crippen LogP contribution in [0.25, 0.3) is 10.1 Å². The lowest BCUT2D eigenvalue weighted by Crippen LogP contribution is -2.51. The average Bonchev–Trinajstić information content (AvgIpc) is 3.30. The summed E-state index contributed by atoms with van der Waals surface area (Å²) in [7, 11) is 0. The Bertz CT molecular complexity index is 1060. The van der Waals surface area contributed by atoms with E-state index in [1.165, 1.54) is 11.3 Å². The molecule has 1 saturated heterocycles. The molecule has 2 aliphatic heterocycles. The lowest BCUT2D eigenvalue weighted by Gasteiger charge is -2.36. The summed E-state index contributed by atoms with van der Waals surface area (Å²) < 4.78 is 0.943. The van der Waals surface area contributed by atoms with Crippen molar-refractivity contribution in [3.63, 3.8) is 0 Å². The van der Waals surface area contributed by atoms with Crippen LogP contribution in [-0.4, -0.2) is 65.7 Å². The Hall–Kier alpha value is -2.94. The van der Waals surface area contributed by atoms with E-state index in [0.717, 1.165) is 22.9 Å². The molecule has 0 atom stereocenters. The molecule has 4 rings (SSSR count). The predicted molar refractivity (Wildman–Crippen MR) is 128 cm³/mol. The number of hydrogen-bond donors (Lipinski definition) is 2. The number of carbonyl (C=O) groups excluding carboxylic acids is 3. The molecular formula is C23H29N5O3S. The molecule has 170 valence electrons. The lowest BCUT2D eigenvalue weighted by atomic mass is 9.87. The summed E-state index contributed by atoms with van der Waals surface area (Å²) >= 11 is 1.39. The van der Waals surface area contributed by atoms with Crippen molar-refractivity contribution < 1.29 is 14.4 Å². The fraction of sp³-hybridized carbons (Fsp3) is 0.478. The maximum absolute atomic E-state index is 13.6. The SMILES string of the molecule is CCCCN1C=NC2(CCN(C(=O)c3c(NC(=O)NCC)sc4ccccc34)CC2)C1=O. The molecule has 3 heterocycles. The van der Waals surface area contributed by atoms with Crippen LogP contribution in [0.15, 0.2) is 29.3 Å². The van der Waals surface area contributed by atoms with Gasteiger partial charge in [0, 0.05) is 36.3 Å². The number of unbranched alkanes of at least 4 members (excludes halogenated alkanes) is 1. The summed E-state index contributed by atoms with van der Waals surface area (Å²) in [6.45, 7) is 6.04. The van der Waals surface area contributed by atoms with Gasteiger partial charge in [-0.05, 0) is 32.3 Å². The Kier molecular flexibility index (Phi) is 6.45. The van der Waals surface area contributed by atoms with Crippen molar-refractivity contribution in [2.24, 2.45) is 4.99 Å². The Labute approximate surface area is 191 Å². The van der Waals surface area contributed by atoms with Crippen LogP contribution in [0, 0.1) is 0 Å². The van der Waals surface area contributed by atoms with Gasteiger partial charge < -0.3 is 15.1 Å². The van der Waals surface area contributed by atoms with Gasteiger partial charge in [-0.25, -0.2) is 4.79 Å². The first-order valence-corrected chi connectivity index (χ1v) is 12.0. The zero-order valence-electron chi connectivity index (χ0n) is 18.5. The van der Waals surface area contributed by atoms with Gasteiger partial charge in [0.2, 0.25) is 0 Å². The van der Waals surface area contributed by atoms with Gasteiger partial charge >= 0.3 is 6.03 Å². The number of anilines is 1. The minimum absolute atomic E-state index is 0.0534. The number of likely N-dealkylation sites (tertiary alicyclic amines) is 1. The number of benzene rings is 1. The second-order valence-corrected chi connectivity index (χ2v) is 9.26. The Morgan fingerprint density at radius 1 is 1.19 bits per heavy atom. The third-order valence-corrected chi connectivity index (χ3v) is 7.19. The topological polar surface area (TPSA) is 94.1 Å². The van der Waals surface area contributed by atoms with E-state index in [-0.39, 0.29) is 17.8 Å². The number of amides is 4. The molecule has 0 unspecified atom stereocenters. The molecule has 2 aromatic rings. The number of urea groups is 1. The lowest BCUT2D eigenvalue weighted by molar-refractivity contribution is -0.132. The van der Waals surface area contributed by atoms with E-state index in [1.807, 2.05) is 31.2 Å². The van der Waals surface area contributed by atoms with E-state index in [2.05, 4.69) is 22.5 Å². The van der Waals surface area contributed by atoms with Crippen molar-refractivity contribution in [3.05, 3.63) is 29.8 Å². The van der Waals surface area contributed by atoms with Crippen LogP contribution in [0.1, 0.15) is 49.9 Å². The highest BCUT2D eigenvalue weighted by molar-refractivity contribution is 7.23. The monoisotopic (exact) mass is 455 g/mol. The fourth-order valence-electron chi connectivity index (χ4n) is 4.28. The zero-order chi connectivity index (χ0) is 22.7. The maximum atomic E-state index is 13.6. The number of piperidine rings is 1. The highest BCUT2D eigenvalue weighted by Crippen LogP contribution is 2.38. The average molecular weight is 456 g/mol. The largest absolute Gasteiger partial charge is 0.338 e. The van der Waals surface area contributed by atoms with Crippen molar-refractivity contribution in [1.29, 1.82) is 0 Å². The molecule has 4 amide bonds. The van der Waals surface area contributed by atoms with Crippen LogP contribution in [0.2, 0.25) is 0 Å². The Balaban J connectivity index is 1.52. The van der Waals surface area contributed by atoms with E-state index in [1.54, 1.807) is 16.1 Å². The molecule has 0 saturated carbocycles. The number of nitrogens with zero attached hydrogens (tertiary/aromatic N) is 3. The third-order valence-electron chi connectivity index (χ3n) is 6.11. The molecule has 0 radical (unpaired) electrons. The minimum Gasteiger partial charge on any atom is -0.338 e.